The summed E-state index contributed by atoms with van der Waals surface area (Å²) in [4.78, 5) is 12.4. The third-order valence-corrected chi connectivity index (χ3v) is 3.49. The maximum atomic E-state index is 12.4. The SMILES string of the molecule is O=c1c(-c2ccccc2)coc2ccc(I)cc12. The summed E-state index contributed by atoms with van der Waals surface area (Å²) >= 11 is 2.19. The molecular weight excluding hydrogens is 339 g/mol. The van der Waals surface area contributed by atoms with Gasteiger partial charge in [0.15, 0.2) is 0 Å². The minimum absolute atomic E-state index is 0.0148. The molecule has 0 aliphatic rings. The summed E-state index contributed by atoms with van der Waals surface area (Å²) < 4.78 is 6.56. The Labute approximate surface area is 117 Å². The van der Waals surface area contributed by atoms with Gasteiger partial charge in [-0.25, -0.2) is 0 Å². The van der Waals surface area contributed by atoms with E-state index in [-0.39, 0.29) is 5.43 Å². The Morgan fingerprint density at radius 3 is 2.56 bits per heavy atom. The van der Waals surface area contributed by atoms with E-state index in [4.69, 9.17) is 4.42 Å². The first-order valence-corrected chi connectivity index (χ1v) is 6.60. The van der Waals surface area contributed by atoms with Crippen molar-refractivity contribution in [2.75, 3.05) is 0 Å². The Bertz CT molecular complexity index is 760. The van der Waals surface area contributed by atoms with Crippen LogP contribution in [0.15, 0.2) is 64.0 Å². The highest BCUT2D eigenvalue weighted by molar-refractivity contribution is 14.1. The van der Waals surface area contributed by atoms with E-state index in [0.717, 1.165) is 9.13 Å². The van der Waals surface area contributed by atoms with Gasteiger partial charge in [-0.3, -0.25) is 4.79 Å². The van der Waals surface area contributed by atoms with Crippen LogP contribution in [-0.4, -0.2) is 0 Å². The molecule has 18 heavy (non-hydrogen) atoms. The normalized spacial score (nSPS) is 10.7. The molecule has 3 aromatic rings. The quantitative estimate of drug-likeness (QED) is 0.621. The van der Waals surface area contributed by atoms with Crippen LogP contribution in [0.25, 0.3) is 22.1 Å². The number of fused-ring (bicyclic) bond motifs is 1. The average Bonchev–Trinajstić information content (AvgIpc) is 2.41. The van der Waals surface area contributed by atoms with E-state index in [0.29, 0.717) is 16.5 Å². The van der Waals surface area contributed by atoms with Crippen molar-refractivity contribution in [1.29, 1.82) is 0 Å². The highest BCUT2D eigenvalue weighted by Crippen LogP contribution is 2.20. The predicted octanol–water partition coefficient (Wildman–Crippen LogP) is 4.06. The second kappa shape index (κ2) is 4.57. The van der Waals surface area contributed by atoms with Crippen LogP contribution >= 0.6 is 22.6 Å². The van der Waals surface area contributed by atoms with Gasteiger partial charge in [-0.15, -0.1) is 0 Å². The molecule has 3 heteroatoms. The summed E-state index contributed by atoms with van der Waals surface area (Å²) in [7, 11) is 0. The molecule has 0 amide bonds. The van der Waals surface area contributed by atoms with Crippen molar-refractivity contribution >= 4 is 33.6 Å². The van der Waals surface area contributed by atoms with Gasteiger partial charge in [-0.1, -0.05) is 30.3 Å². The predicted molar refractivity (Wildman–Crippen MR) is 80.6 cm³/mol. The summed E-state index contributed by atoms with van der Waals surface area (Å²) in [5, 5.41) is 0.628. The largest absolute Gasteiger partial charge is 0.463 e. The molecule has 0 radical (unpaired) electrons. The number of rotatable bonds is 1. The van der Waals surface area contributed by atoms with Crippen molar-refractivity contribution < 1.29 is 4.42 Å². The van der Waals surface area contributed by atoms with Gasteiger partial charge in [0.25, 0.3) is 0 Å². The fraction of sp³-hybridized carbons (Fsp3) is 0. The summed E-state index contributed by atoms with van der Waals surface area (Å²) in [6.45, 7) is 0. The lowest BCUT2D eigenvalue weighted by Gasteiger charge is -2.02. The molecule has 0 saturated heterocycles. The fourth-order valence-corrected chi connectivity index (χ4v) is 2.41. The number of benzene rings is 2. The van der Waals surface area contributed by atoms with Crippen molar-refractivity contribution in [3.63, 3.8) is 0 Å². The van der Waals surface area contributed by atoms with E-state index in [9.17, 15) is 4.79 Å². The van der Waals surface area contributed by atoms with Crippen LogP contribution < -0.4 is 5.43 Å². The van der Waals surface area contributed by atoms with Crippen LogP contribution in [0, 0.1) is 3.57 Å². The Morgan fingerprint density at radius 2 is 1.78 bits per heavy atom. The van der Waals surface area contributed by atoms with Gasteiger partial charge in [0, 0.05) is 3.57 Å². The highest BCUT2D eigenvalue weighted by Gasteiger charge is 2.08. The molecule has 0 N–H and O–H groups in total. The van der Waals surface area contributed by atoms with E-state index in [1.165, 1.54) is 6.26 Å². The topological polar surface area (TPSA) is 30.2 Å². The second-order valence-corrected chi connectivity index (χ2v) is 5.23. The van der Waals surface area contributed by atoms with Gasteiger partial charge in [0.2, 0.25) is 5.43 Å². The average molecular weight is 348 g/mol. The first-order valence-electron chi connectivity index (χ1n) is 5.52. The molecule has 1 aromatic heterocycles. The molecule has 0 aliphatic carbocycles. The molecule has 0 spiro atoms. The summed E-state index contributed by atoms with van der Waals surface area (Å²) in [6.07, 6.45) is 1.53. The van der Waals surface area contributed by atoms with Gasteiger partial charge in [0.1, 0.15) is 11.8 Å². The molecular formula is C15H9IO2. The van der Waals surface area contributed by atoms with Crippen molar-refractivity contribution in [3.05, 3.63) is 68.6 Å². The molecule has 2 nitrogen and oxygen atoms in total. The Hall–Kier alpha value is -1.62. The van der Waals surface area contributed by atoms with Crippen LogP contribution in [0.5, 0.6) is 0 Å². The molecule has 0 fully saturated rings. The Balaban J connectivity index is 2.33. The smallest absolute Gasteiger partial charge is 0.200 e. The lowest BCUT2D eigenvalue weighted by Crippen LogP contribution is -2.04. The van der Waals surface area contributed by atoms with Crippen molar-refractivity contribution in [2.45, 2.75) is 0 Å². The van der Waals surface area contributed by atoms with Crippen molar-refractivity contribution in [3.8, 4) is 11.1 Å². The molecule has 0 aliphatic heterocycles. The lowest BCUT2D eigenvalue weighted by molar-refractivity contribution is 0.604. The van der Waals surface area contributed by atoms with Crippen LogP contribution in [0.1, 0.15) is 0 Å². The zero-order valence-corrected chi connectivity index (χ0v) is 11.5. The molecule has 0 bridgehead atoms. The zero-order chi connectivity index (χ0) is 12.5. The third kappa shape index (κ3) is 1.95. The van der Waals surface area contributed by atoms with E-state index < -0.39 is 0 Å². The van der Waals surface area contributed by atoms with Gasteiger partial charge in [0.05, 0.1) is 10.9 Å². The molecule has 2 aromatic carbocycles. The molecule has 3 rings (SSSR count). The van der Waals surface area contributed by atoms with Crippen LogP contribution in [0.2, 0.25) is 0 Å². The third-order valence-electron chi connectivity index (χ3n) is 2.82. The summed E-state index contributed by atoms with van der Waals surface area (Å²) in [5.41, 5.74) is 2.12. The maximum Gasteiger partial charge on any atom is 0.200 e. The lowest BCUT2D eigenvalue weighted by atomic mass is 10.1. The minimum Gasteiger partial charge on any atom is -0.463 e. The first kappa shape index (κ1) is 11.5. The Kier molecular flexibility index (Phi) is 2.91. The second-order valence-electron chi connectivity index (χ2n) is 3.99. The Morgan fingerprint density at radius 1 is 1.00 bits per heavy atom. The standard InChI is InChI=1S/C15H9IO2/c16-11-6-7-14-12(8-11)15(17)13(9-18-14)10-4-2-1-3-5-10/h1-9H. The summed E-state index contributed by atoms with van der Waals surface area (Å²) in [6, 6.07) is 15.2. The molecule has 0 saturated carbocycles. The fourth-order valence-electron chi connectivity index (χ4n) is 1.92. The highest BCUT2D eigenvalue weighted by atomic mass is 127. The van der Waals surface area contributed by atoms with E-state index >= 15 is 0 Å². The molecule has 88 valence electrons. The van der Waals surface area contributed by atoms with Crippen LogP contribution in [0.3, 0.4) is 0 Å². The molecule has 0 unspecified atom stereocenters. The number of hydrogen-bond donors (Lipinski definition) is 0. The number of halogens is 1. The van der Waals surface area contributed by atoms with E-state index in [1.54, 1.807) is 0 Å². The maximum absolute atomic E-state index is 12.4. The van der Waals surface area contributed by atoms with Crippen LogP contribution in [0.4, 0.5) is 0 Å². The molecule has 0 atom stereocenters. The first-order chi connectivity index (χ1) is 8.75. The van der Waals surface area contributed by atoms with Crippen molar-refractivity contribution in [1.82, 2.24) is 0 Å². The van der Waals surface area contributed by atoms with Crippen LogP contribution in [-0.2, 0) is 0 Å². The van der Waals surface area contributed by atoms with Gasteiger partial charge < -0.3 is 4.42 Å². The number of hydrogen-bond acceptors (Lipinski definition) is 2. The monoisotopic (exact) mass is 348 g/mol. The van der Waals surface area contributed by atoms with Gasteiger partial charge >= 0.3 is 0 Å². The van der Waals surface area contributed by atoms with E-state index in [2.05, 4.69) is 22.6 Å². The summed E-state index contributed by atoms with van der Waals surface area (Å²) in [5.74, 6) is 0. The zero-order valence-electron chi connectivity index (χ0n) is 9.39. The van der Waals surface area contributed by atoms with Crippen molar-refractivity contribution in [2.24, 2.45) is 0 Å². The van der Waals surface area contributed by atoms with Gasteiger partial charge in [-0.2, -0.15) is 0 Å². The van der Waals surface area contributed by atoms with Gasteiger partial charge in [-0.05, 0) is 46.4 Å². The molecule has 1 heterocycles. The minimum atomic E-state index is 0.0148. The van der Waals surface area contributed by atoms with E-state index in [1.807, 2.05) is 48.5 Å².